The van der Waals surface area contributed by atoms with Crippen molar-refractivity contribution in [3.8, 4) is 0 Å². The molecule has 0 aromatic heterocycles. The molecule has 2 N–H and O–H groups in total. The van der Waals surface area contributed by atoms with Crippen LogP contribution in [-0.2, 0) is 9.47 Å². The van der Waals surface area contributed by atoms with Crippen molar-refractivity contribution in [3.05, 3.63) is 0 Å². The van der Waals surface area contributed by atoms with Gasteiger partial charge in [0.1, 0.15) is 0 Å². The molecule has 0 bridgehead atoms. The summed E-state index contributed by atoms with van der Waals surface area (Å²) in [5.74, 6) is 0.492. The van der Waals surface area contributed by atoms with Gasteiger partial charge in [0.2, 0.25) is 0 Å². The lowest BCUT2D eigenvalue weighted by molar-refractivity contribution is -0.0786. The second kappa shape index (κ2) is 5.45. The fourth-order valence-electron chi connectivity index (χ4n) is 2.77. The van der Waals surface area contributed by atoms with Crippen LogP contribution in [0.3, 0.4) is 0 Å². The molecule has 4 heteroatoms. The second-order valence-electron chi connectivity index (χ2n) is 5.26. The molecule has 2 rings (SSSR count). The standard InChI is InChI=1S/C12H24N2O2/c1-9-5-14(6-10(2)16-9)7-11-8-15-4-3-12(11)13/h9-12H,3-8,13H2,1-2H3/t9-,10+,11?,12?. The summed E-state index contributed by atoms with van der Waals surface area (Å²) >= 11 is 0. The van der Waals surface area contributed by atoms with E-state index in [0.29, 0.717) is 24.2 Å². The number of nitrogens with zero attached hydrogens (tertiary/aromatic N) is 1. The molecule has 0 spiro atoms. The van der Waals surface area contributed by atoms with Crippen LogP contribution in [0.4, 0.5) is 0 Å². The van der Waals surface area contributed by atoms with Gasteiger partial charge < -0.3 is 15.2 Å². The second-order valence-corrected chi connectivity index (χ2v) is 5.26. The minimum Gasteiger partial charge on any atom is -0.381 e. The fourth-order valence-corrected chi connectivity index (χ4v) is 2.77. The van der Waals surface area contributed by atoms with E-state index in [2.05, 4.69) is 18.7 Å². The van der Waals surface area contributed by atoms with Crippen LogP contribution in [0.1, 0.15) is 20.3 Å². The Bertz CT molecular complexity index is 215. The van der Waals surface area contributed by atoms with Crippen LogP contribution in [0.15, 0.2) is 0 Å². The van der Waals surface area contributed by atoms with Gasteiger partial charge in [-0.05, 0) is 20.3 Å². The molecule has 2 saturated heterocycles. The molecular formula is C12H24N2O2. The molecule has 2 fully saturated rings. The highest BCUT2D eigenvalue weighted by Gasteiger charge is 2.28. The number of hydrogen-bond donors (Lipinski definition) is 1. The van der Waals surface area contributed by atoms with E-state index in [1.807, 2.05) is 0 Å². The van der Waals surface area contributed by atoms with Gasteiger partial charge in [-0.15, -0.1) is 0 Å². The quantitative estimate of drug-likeness (QED) is 0.746. The minimum atomic E-state index is 0.308. The molecule has 4 atom stereocenters. The highest BCUT2D eigenvalue weighted by molar-refractivity contribution is 4.82. The predicted octanol–water partition coefficient (Wildman–Crippen LogP) is 0.459. The van der Waals surface area contributed by atoms with Gasteiger partial charge in [0.05, 0.1) is 18.8 Å². The van der Waals surface area contributed by atoms with E-state index < -0.39 is 0 Å². The molecule has 16 heavy (non-hydrogen) atoms. The third-order valence-electron chi connectivity index (χ3n) is 3.52. The van der Waals surface area contributed by atoms with E-state index in [1.165, 1.54) is 0 Å². The Morgan fingerprint density at radius 3 is 2.56 bits per heavy atom. The van der Waals surface area contributed by atoms with Gasteiger partial charge in [-0.1, -0.05) is 0 Å². The lowest BCUT2D eigenvalue weighted by atomic mass is 9.95. The number of morpholine rings is 1. The third-order valence-corrected chi connectivity index (χ3v) is 3.52. The molecule has 0 saturated carbocycles. The third kappa shape index (κ3) is 3.17. The molecule has 0 aromatic carbocycles. The largest absolute Gasteiger partial charge is 0.381 e. The summed E-state index contributed by atoms with van der Waals surface area (Å²) in [6.45, 7) is 9.02. The lowest BCUT2D eigenvalue weighted by Gasteiger charge is -2.39. The summed E-state index contributed by atoms with van der Waals surface area (Å²) in [7, 11) is 0. The summed E-state index contributed by atoms with van der Waals surface area (Å²) in [5.41, 5.74) is 6.13. The summed E-state index contributed by atoms with van der Waals surface area (Å²) < 4.78 is 11.2. The summed E-state index contributed by atoms with van der Waals surface area (Å²) in [6, 6.07) is 0.308. The van der Waals surface area contributed by atoms with Crippen LogP contribution >= 0.6 is 0 Å². The van der Waals surface area contributed by atoms with Gasteiger partial charge in [0.15, 0.2) is 0 Å². The van der Waals surface area contributed by atoms with Gasteiger partial charge >= 0.3 is 0 Å². The van der Waals surface area contributed by atoms with Crippen molar-refractivity contribution < 1.29 is 9.47 Å². The van der Waals surface area contributed by atoms with Gasteiger partial charge in [0.25, 0.3) is 0 Å². The number of hydrogen-bond acceptors (Lipinski definition) is 4. The first-order chi connectivity index (χ1) is 7.65. The van der Waals surface area contributed by atoms with Crippen molar-refractivity contribution >= 4 is 0 Å². The Morgan fingerprint density at radius 1 is 1.25 bits per heavy atom. The smallest absolute Gasteiger partial charge is 0.0678 e. The molecule has 0 aromatic rings. The Kier molecular flexibility index (Phi) is 4.19. The van der Waals surface area contributed by atoms with Crippen LogP contribution in [0, 0.1) is 5.92 Å². The van der Waals surface area contributed by atoms with E-state index >= 15 is 0 Å². The Morgan fingerprint density at radius 2 is 1.94 bits per heavy atom. The molecule has 2 aliphatic rings. The average molecular weight is 228 g/mol. The molecule has 2 heterocycles. The Balaban J connectivity index is 1.83. The van der Waals surface area contributed by atoms with Crippen molar-refractivity contribution in [2.24, 2.45) is 11.7 Å². The van der Waals surface area contributed by atoms with Crippen molar-refractivity contribution in [2.45, 2.75) is 38.5 Å². The highest BCUT2D eigenvalue weighted by atomic mass is 16.5. The first-order valence-electron chi connectivity index (χ1n) is 6.36. The van der Waals surface area contributed by atoms with Gasteiger partial charge in [0, 0.05) is 38.2 Å². The predicted molar refractivity (Wildman–Crippen MR) is 63.4 cm³/mol. The molecule has 94 valence electrons. The number of rotatable bonds is 2. The van der Waals surface area contributed by atoms with Gasteiger partial charge in [-0.2, -0.15) is 0 Å². The topological polar surface area (TPSA) is 47.7 Å². The fraction of sp³-hybridized carbons (Fsp3) is 1.00. The lowest BCUT2D eigenvalue weighted by Crippen LogP contribution is -2.51. The summed E-state index contributed by atoms with van der Waals surface area (Å²) in [6.07, 6.45) is 1.68. The normalized spacial score (nSPS) is 42.2. The monoisotopic (exact) mass is 228 g/mol. The van der Waals surface area contributed by atoms with Gasteiger partial charge in [-0.3, -0.25) is 4.90 Å². The molecule has 2 aliphatic heterocycles. The van der Waals surface area contributed by atoms with E-state index in [4.69, 9.17) is 15.2 Å². The molecule has 4 nitrogen and oxygen atoms in total. The van der Waals surface area contributed by atoms with Crippen LogP contribution in [0.2, 0.25) is 0 Å². The van der Waals surface area contributed by atoms with Crippen molar-refractivity contribution in [1.29, 1.82) is 0 Å². The van der Waals surface area contributed by atoms with Crippen LogP contribution in [0.5, 0.6) is 0 Å². The minimum absolute atomic E-state index is 0.308. The van der Waals surface area contributed by atoms with E-state index in [0.717, 1.165) is 39.3 Å². The van der Waals surface area contributed by atoms with Crippen LogP contribution < -0.4 is 5.73 Å². The first kappa shape index (κ1) is 12.3. The summed E-state index contributed by atoms with van der Waals surface area (Å²) in [5, 5.41) is 0. The first-order valence-corrected chi connectivity index (χ1v) is 6.36. The Hall–Kier alpha value is -0.160. The van der Waals surface area contributed by atoms with E-state index in [1.54, 1.807) is 0 Å². The number of ether oxygens (including phenoxy) is 2. The van der Waals surface area contributed by atoms with Crippen molar-refractivity contribution in [3.63, 3.8) is 0 Å². The maximum absolute atomic E-state index is 6.13. The van der Waals surface area contributed by atoms with Crippen LogP contribution in [-0.4, -0.2) is 56.0 Å². The SMILES string of the molecule is C[C@@H]1CN(CC2COCCC2N)C[C@H](C)O1. The van der Waals surface area contributed by atoms with Crippen molar-refractivity contribution in [1.82, 2.24) is 4.90 Å². The maximum atomic E-state index is 6.13. The van der Waals surface area contributed by atoms with Crippen molar-refractivity contribution in [2.75, 3.05) is 32.8 Å². The Labute approximate surface area is 98.1 Å². The molecule has 2 unspecified atom stereocenters. The molecule has 0 amide bonds. The average Bonchev–Trinajstić information content (AvgIpc) is 2.20. The molecule has 0 radical (unpaired) electrons. The number of nitrogens with two attached hydrogens (primary N) is 1. The zero-order valence-electron chi connectivity index (χ0n) is 10.4. The maximum Gasteiger partial charge on any atom is 0.0678 e. The van der Waals surface area contributed by atoms with Gasteiger partial charge in [-0.25, -0.2) is 0 Å². The highest BCUT2D eigenvalue weighted by Crippen LogP contribution is 2.17. The van der Waals surface area contributed by atoms with E-state index in [9.17, 15) is 0 Å². The van der Waals surface area contributed by atoms with E-state index in [-0.39, 0.29) is 0 Å². The zero-order valence-corrected chi connectivity index (χ0v) is 10.4. The summed E-state index contributed by atoms with van der Waals surface area (Å²) in [4.78, 5) is 2.47. The molecule has 0 aliphatic carbocycles. The molecular weight excluding hydrogens is 204 g/mol. The van der Waals surface area contributed by atoms with Crippen LogP contribution in [0.25, 0.3) is 0 Å². The zero-order chi connectivity index (χ0) is 11.5.